The largest absolute Gasteiger partial charge is 0.479 e. The highest BCUT2D eigenvalue weighted by Crippen LogP contribution is 2.27. The smallest absolute Gasteiger partial charge is 0.238 e. The molecule has 4 rings (SSSR count). The van der Waals surface area contributed by atoms with E-state index >= 15 is 0 Å². The van der Waals surface area contributed by atoms with Crippen LogP contribution in [0.5, 0.6) is 5.88 Å². The Labute approximate surface area is 158 Å². The molecule has 140 valence electrons. The van der Waals surface area contributed by atoms with Crippen molar-refractivity contribution in [2.75, 3.05) is 12.4 Å². The highest BCUT2D eigenvalue weighted by Gasteiger charge is 2.17. The van der Waals surface area contributed by atoms with E-state index in [1.165, 1.54) is 25.7 Å². The van der Waals surface area contributed by atoms with E-state index in [9.17, 15) is 0 Å². The molecule has 0 bridgehead atoms. The fraction of sp³-hybridized carbons (Fsp3) is 0.400. The molecule has 0 atom stereocenters. The molecule has 0 aromatic carbocycles. The first-order chi connectivity index (χ1) is 13.1. The van der Waals surface area contributed by atoms with Gasteiger partial charge in [-0.2, -0.15) is 0 Å². The van der Waals surface area contributed by atoms with Crippen molar-refractivity contribution < 1.29 is 4.74 Å². The highest BCUT2D eigenvalue weighted by atomic mass is 16.5. The van der Waals surface area contributed by atoms with E-state index in [0.717, 1.165) is 34.2 Å². The predicted molar refractivity (Wildman–Crippen MR) is 104 cm³/mol. The van der Waals surface area contributed by atoms with Gasteiger partial charge < -0.3 is 14.6 Å². The Morgan fingerprint density at radius 2 is 1.93 bits per heavy atom. The molecule has 0 spiro atoms. The number of nitrogens with zero attached hydrogens (tertiary/aromatic N) is 5. The molecule has 0 aliphatic heterocycles. The molecule has 1 N–H and O–H groups in total. The first-order valence-electron chi connectivity index (χ1n) is 9.31. The van der Waals surface area contributed by atoms with Crippen LogP contribution in [-0.4, -0.2) is 37.9 Å². The predicted octanol–water partition coefficient (Wildman–Crippen LogP) is 3.70. The van der Waals surface area contributed by atoms with Gasteiger partial charge >= 0.3 is 0 Å². The van der Waals surface area contributed by atoms with Crippen LogP contribution in [0.15, 0.2) is 30.7 Å². The number of ether oxygens (including phenoxy) is 1. The Morgan fingerprint density at radius 1 is 1.11 bits per heavy atom. The van der Waals surface area contributed by atoms with Crippen LogP contribution in [0.2, 0.25) is 0 Å². The second-order valence-electron chi connectivity index (χ2n) is 7.03. The lowest BCUT2D eigenvalue weighted by atomic mass is 10.2. The van der Waals surface area contributed by atoms with Crippen molar-refractivity contribution in [3.63, 3.8) is 0 Å². The minimum atomic E-state index is 0.514. The third-order valence-corrected chi connectivity index (χ3v) is 4.97. The van der Waals surface area contributed by atoms with Crippen molar-refractivity contribution in [2.24, 2.45) is 0 Å². The number of rotatable bonds is 5. The van der Waals surface area contributed by atoms with Gasteiger partial charge in [0, 0.05) is 12.2 Å². The molecule has 0 saturated heterocycles. The summed E-state index contributed by atoms with van der Waals surface area (Å²) in [7, 11) is 1.62. The molecule has 7 nitrogen and oxygen atoms in total. The SMILES string of the molecule is COc1nc(-c2cc(C)c(NC3CCCC3)nn2)ccc1-n1cnc(C)c1. The van der Waals surface area contributed by atoms with Crippen molar-refractivity contribution >= 4 is 5.82 Å². The number of aromatic nitrogens is 5. The maximum atomic E-state index is 5.49. The van der Waals surface area contributed by atoms with Gasteiger partial charge in [0.2, 0.25) is 5.88 Å². The van der Waals surface area contributed by atoms with Crippen molar-refractivity contribution in [2.45, 2.75) is 45.6 Å². The summed E-state index contributed by atoms with van der Waals surface area (Å²) in [6, 6.07) is 6.43. The molecular weight excluding hydrogens is 340 g/mol. The number of methoxy groups -OCH3 is 1. The van der Waals surface area contributed by atoms with E-state index in [1.807, 2.05) is 35.9 Å². The molecule has 0 unspecified atom stereocenters. The van der Waals surface area contributed by atoms with Crippen LogP contribution < -0.4 is 10.1 Å². The van der Waals surface area contributed by atoms with Gasteiger partial charge in [0.15, 0.2) is 5.82 Å². The van der Waals surface area contributed by atoms with E-state index < -0.39 is 0 Å². The lowest BCUT2D eigenvalue weighted by Gasteiger charge is -2.14. The summed E-state index contributed by atoms with van der Waals surface area (Å²) in [6.45, 7) is 4.00. The molecule has 3 aromatic rings. The van der Waals surface area contributed by atoms with Crippen LogP contribution in [0, 0.1) is 13.8 Å². The molecular formula is C20H24N6O. The summed E-state index contributed by atoms with van der Waals surface area (Å²) in [6.07, 6.45) is 8.67. The van der Waals surface area contributed by atoms with Crippen molar-refractivity contribution in [3.8, 4) is 23.0 Å². The molecule has 1 fully saturated rings. The zero-order valence-corrected chi connectivity index (χ0v) is 15.9. The normalized spacial score (nSPS) is 14.5. The Hall–Kier alpha value is -2.96. The van der Waals surface area contributed by atoms with Crippen molar-refractivity contribution in [3.05, 3.63) is 42.0 Å². The van der Waals surface area contributed by atoms with Gasteiger partial charge in [-0.25, -0.2) is 9.97 Å². The fourth-order valence-electron chi connectivity index (χ4n) is 3.49. The highest BCUT2D eigenvalue weighted by molar-refractivity contribution is 5.61. The second kappa shape index (κ2) is 7.34. The average Bonchev–Trinajstić information content (AvgIpc) is 3.34. The van der Waals surface area contributed by atoms with Gasteiger partial charge in [-0.15, -0.1) is 10.2 Å². The van der Waals surface area contributed by atoms with Gasteiger partial charge in [0.05, 0.1) is 24.8 Å². The maximum Gasteiger partial charge on any atom is 0.238 e. The maximum absolute atomic E-state index is 5.49. The van der Waals surface area contributed by atoms with Crippen LogP contribution in [0.3, 0.4) is 0 Å². The molecule has 1 aliphatic rings. The number of imidazole rings is 1. The number of anilines is 1. The molecule has 27 heavy (non-hydrogen) atoms. The molecule has 0 amide bonds. The van der Waals surface area contributed by atoms with Crippen molar-refractivity contribution in [1.82, 2.24) is 24.7 Å². The third kappa shape index (κ3) is 3.63. The molecule has 1 aliphatic carbocycles. The van der Waals surface area contributed by atoms with E-state index in [2.05, 4.69) is 32.4 Å². The lowest BCUT2D eigenvalue weighted by molar-refractivity contribution is 0.396. The van der Waals surface area contributed by atoms with Crippen LogP contribution in [0.25, 0.3) is 17.1 Å². The monoisotopic (exact) mass is 364 g/mol. The topological polar surface area (TPSA) is 77.8 Å². The van der Waals surface area contributed by atoms with Gasteiger partial charge in [-0.05, 0) is 50.5 Å². The lowest BCUT2D eigenvalue weighted by Crippen LogP contribution is -2.17. The minimum Gasteiger partial charge on any atom is -0.479 e. The molecule has 0 radical (unpaired) electrons. The molecule has 3 aromatic heterocycles. The van der Waals surface area contributed by atoms with Crippen molar-refractivity contribution in [1.29, 1.82) is 0 Å². The van der Waals surface area contributed by atoms with Gasteiger partial charge in [0.25, 0.3) is 0 Å². The van der Waals surface area contributed by atoms with Crippen LogP contribution >= 0.6 is 0 Å². The van der Waals surface area contributed by atoms with Gasteiger partial charge in [0.1, 0.15) is 11.4 Å². The van der Waals surface area contributed by atoms with Crippen LogP contribution in [0.4, 0.5) is 5.82 Å². The summed E-state index contributed by atoms with van der Waals surface area (Å²) in [5.74, 6) is 1.39. The minimum absolute atomic E-state index is 0.514. The Kier molecular flexibility index (Phi) is 4.75. The Bertz CT molecular complexity index is 945. The fourth-order valence-corrected chi connectivity index (χ4v) is 3.49. The van der Waals surface area contributed by atoms with Crippen LogP contribution in [0.1, 0.15) is 36.9 Å². The number of nitrogens with one attached hydrogen (secondary N) is 1. The van der Waals surface area contributed by atoms with Gasteiger partial charge in [-0.3, -0.25) is 0 Å². The number of aryl methyl sites for hydroxylation is 2. The Balaban J connectivity index is 1.62. The zero-order valence-electron chi connectivity index (χ0n) is 15.9. The van der Waals surface area contributed by atoms with E-state index in [1.54, 1.807) is 13.4 Å². The standard InChI is InChI=1S/C20H24N6O/c1-13-10-17(24-25-19(13)22-15-6-4-5-7-15)16-8-9-18(20(23-16)27-3)26-11-14(2)21-12-26/h8-12,15H,4-7H2,1-3H3,(H,22,25). The first kappa shape index (κ1) is 17.5. The summed E-state index contributed by atoms with van der Waals surface area (Å²) >= 11 is 0. The number of hydrogen-bond acceptors (Lipinski definition) is 6. The van der Waals surface area contributed by atoms with Gasteiger partial charge in [-0.1, -0.05) is 12.8 Å². The summed E-state index contributed by atoms with van der Waals surface area (Å²) in [5, 5.41) is 12.3. The third-order valence-electron chi connectivity index (χ3n) is 4.97. The van der Waals surface area contributed by atoms with E-state index in [-0.39, 0.29) is 0 Å². The molecule has 3 heterocycles. The summed E-state index contributed by atoms with van der Waals surface area (Å²) in [4.78, 5) is 8.89. The van der Waals surface area contributed by atoms with E-state index in [0.29, 0.717) is 11.9 Å². The van der Waals surface area contributed by atoms with E-state index in [4.69, 9.17) is 4.74 Å². The molecule has 7 heteroatoms. The summed E-state index contributed by atoms with van der Waals surface area (Å²) < 4.78 is 7.39. The summed E-state index contributed by atoms with van der Waals surface area (Å²) in [5.41, 5.74) is 4.31. The Morgan fingerprint density at radius 3 is 2.59 bits per heavy atom. The molecule has 1 saturated carbocycles. The quantitative estimate of drug-likeness (QED) is 0.744. The van der Waals surface area contributed by atoms with Crippen LogP contribution in [-0.2, 0) is 0 Å². The zero-order chi connectivity index (χ0) is 18.8. The number of pyridine rings is 1. The first-order valence-corrected chi connectivity index (χ1v) is 9.31. The second-order valence-corrected chi connectivity index (χ2v) is 7.03. The number of hydrogen-bond donors (Lipinski definition) is 1. The average molecular weight is 364 g/mol.